The average molecular weight is 198 g/mol. The van der Waals surface area contributed by atoms with Crippen LogP contribution in [0.4, 0.5) is 0 Å². The molecule has 13 heavy (non-hydrogen) atoms. The number of rotatable bonds is 4. The van der Waals surface area contributed by atoms with Gasteiger partial charge in [0.15, 0.2) is 0 Å². The minimum Gasteiger partial charge on any atom is -0.298 e. The van der Waals surface area contributed by atoms with Crippen molar-refractivity contribution in [2.45, 2.75) is 0 Å². The first kappa shape index (κ1) is 10.3. The fourth-order valence-electron chi connectivity index (χ4n) is 0.926. The standard InChI is InChI=1S/C10H12ClNO/c1-12-13-7-3-5-9-4-2-6-10(11)8-9/h2-6,8,12H,7H2,1H3/b5-3+. The van der Waals surface area contributed by atoms with Gasteiger partial charge in [-0.15, -0.1) is 0 Å². The van der Waals surface area contributed by atoms with Gasteiger partial charge in [-0.2, -0.15) is 0 Å². The maximum atomic E-state index is 5.81. The molecule has 3 heteroatoms. The maximum absolute atomic E-state index is 5.81. The highest BCUT2D eigenvalue weighted by Gasteiger charge is 1.87. The molecule has 2 nitrogen and oxygen atoms in total. The zero-order valence-electron chi connectivity index (χ0n) is 7.46. The average Bonchev–Trinajstić information content (AvgIpc) is 2.13. The van der Waals surface area contributed by atoms with Gasteiger partial charge in [0.2, 0.25) is 0 Å². The van der Waals surface area contributed by atoms with Gasteiger partial charge in [-0.25, -0.2) is 5.48 Å². The second-order valence-corrected chi connectivity index (χ2v) is 2.91. The molecule has 0 atom stereocenters. The normalized spacial score (nSPS) is 10.9. The number of nitrogens with one attached hydrogen (secondary N) is 1. The van der Waals surface area contributed by atoms with Crippen molar-refractivity contribution in [2.75, 3.05) is 13.7 Å². The maximum Gasteiger partial charge on any atom is 0.0866 e. The molecule has 0 aliphatic rings. The van der Waals surface area contributed by atoms with E-state index in [9.17, 15) is 0 Å². The molecule has 0 fully saturated rings. The third-order valence-electron chi connectivity index (χ3n) is 1.48. The minimum absolute atomic E-state index is 0.545. The highest BCUT2D eigenvalue weighted by molar-refractivity contribution is 6.30. The summed E-state index contributed by atoms with van der Waals surface area (Å²) >= 11 is 5.81. The summed E-state index contributed by atoms with van der Waals surface area (Å²) in [5, 5.41) is 0.747. The number of hydroxylamine groups is 1. The van der Waals surface area contributed by atoms with Crippen LogP contribution in [0.25, 0.3) is 6.08 Å². The molecule has 0 saturated carbocycles. The van der Waals surface area contributed by atoms with Crippen molar-refractivity contribution in [1.29, 1.82) is 0 Å². The predicted octanol–water partition coefficient (Wildman–Crippen LogP) is 2.50. The van der Waals surface area contributed by atoms with Gasteiger partial charge in [-0.3, -0.25) is 4.84 Å². The lowest BCUT2D eigenvalue weighted by Gasteiger charge is -1.95. The molecule has 0 unspecified atom stereocenters. The van der Waals surface area contributed by atoms with Crippen molar-refractivity contribution < 1.29 is 4.84 Å². The summed E-state index contributed by atoms with van der Waals surface area (Å²) in [6.07, 6.45) is 3.88. The van der Waals surface area contributed by atoms with E-state index in [-0.39, 0.29) is 0 Å². The molecule has 0 heterocycles. The quantitative estimate of drug-likeness (QED) is 0.592. The molecule has 0 spiro atoms. The molecule has 0 amide bonds. The van der Waals surface area contributed by atoms with Crippen LogP contribution < -0.4 is 5.48 Å². The van der Waals surface area contributed by atoms with Gasteiger partial charge >= 0.3 is 0 Å². The zero-order chi connectivity index (χ0) is 9.52. The largest absolute Gasteiger partial charge is 0.298 e. The van der Waals surface area contributed by atoms with E-state index in [1.165, 1.54) is 0 Å². The lowest BCUT2D eigenvalue weighted by molar-refractivity contribution is 0.0814. The Labute approximate surface area is 83.1 Å². The highest BCUT2D eigenvalue weighted by Crippen LogP contribution is 2.11. The van der Waals surface area contributed by atoms with Crippen molar-refractivity contribution in [3.63, 3.8) is 0 Å². The summed E-state index contributed by atoms with van der Waals surface area (Å²) in [5.41, 5.74) is 3.66. The fraction of sp³-hybridized carbons (Fsp3) is 0.200. The van der Waals surface area contributed by atoms with Gasteiger partial charge in [0.1, 0.15) is 0 Å². The Morgan fingerprint density at radius 2 is 2.38 bits per heavy atom. The third kappa shape index (κ3) is 4.08. The Bertz CT molecular complexity index is 286. The summed E-state index contributed by atoms with van der Waals surface area (Å²) in [4.78, 5) is 4.92. The Morgan fingerprint density at radius 1 is 1.54 bits per heavy atom. The highest BCUT2D eigenvalue weighted by atomic mass is 35.5. The van der Waals surface area contributed by atoms with Crippen LogP contribution in [-0.2, 0) is 4.84 Å². The molecular formula is C10H12ClNO. The summed E-state index contributed by atoms with van der Waals surface area (Å²) in [7, 11) is 1.73. The Hall–Kier alpha value is -0.830. The first-order chi connectivity index (χ1) is 6.33. The minimum atomic E-state index is 0.545. The molecule has 0 aliphatic heterocycles. The summed E-state index contributed by atoms with van der Waals surface area (Å²) < 4.78 is 0. The van der Waals surface area contributed by atoms with E-state index >= 15 is 0 Å². The van der Waals surface area contributed by atoms with Crippen LogP contribution in [0.2, 0.25) is 5.02 Å². The van der Waals surface area contributed by atoms with Crippen LogP contribution in [-0.4, -0.2) is 13.7 Å². The Morgan fingerprint density at radius 3 is 3.08 bits per heavy atom. The third-order valence-corrected chi connectivity index (χ3v) is 1.72. The number of hydrogen-bond donors (Lipinski definition) is 1. The lowest BCUT2D eigenvalue weighted by Crippen LogP contribution is -2.06. The molecule has 0 radical (unpaired) electrons. The Kier molecular flexibility index (Phi) is 4.54. The molecule has 0 saturated heterocycles. The van der Waals surface area contributed by atoms with Crippen LogP contribution in [0.15, 0.2) is 30.3 Å². The van der Waals surface area contributed by atoms with Gasteiger partial charge < -0.3 is 0 Å². The summed E-state index contributed by atoms with van der Waals surface area (Å²) in [6.45, 7) is 0.545. The van der Waals surface area contributed by atoms with E-state index in [2.05, 4.69) is 5.48 Å². The molecule has 1 aromatic rings. The van der Waals surface area contributed by atoms with E-state index in [1.807, 2.05) is 36.4 Å². The molecule has 0 aliphatic carbocycles. The molecule has 70 valence electrons. The van der Waals surface area contributed by atoms with E-state index in [0.717, 1.165) is 10.6 Å². The summed E-state index contributed by atoms with van der Waals surface area (Å²) in [6, 6.07) is 7.66. The van der Waals surface area contributed by atoms with E-state index < -0.39 is 0 Å². The van der Waals surface area contributed by atoms with Crippen molar-refractivity contribution in [1.82, 2.24) is 5.48 Å². The number of halogens is 1. The van der Waals surface area contributed by atoms with Crippen LogP contribution in [0.1, 0.15) is 5.56 Å². The van der Waals surface area contributed by atoms with Crippen LogP contribution in [0.3, 0.4) is 0 Å². The van der Waals surface area contributed by atoms with Gasteiger partial charge in [-0.05, 0) is 17.7 Å². The zero-order valence-corrected chi connectivity index (χ0v) is 8.21. The topological polar surface area (TPSA) is 21.3 Å². The monoisotopic (exact) mass is 197 g/mol. The van der Waals surface area contributed by atoms with Gasteiger partial charge in [0.05, 0.1) is 6.61 Å². The van der Waals surface area contributed by atoms with Gasteiger partial charge in [-0.1, -0.05) is 35.9 Å². The first-order valence-corrected chi connectivity index (χ1v) is 4.41. The van der Waals surface area contributed by atoms with E-state index in [1.54, 1.807) is 7.05 Å². The van der Waals surface area contributed by atoms with E-state index in [0.29, 0.717) is 6.61 Å². The van der Waals surface area contributed by atoms with Gasteiger partial charge in [0.25, 0.3) is 0 Å². The SMILES string of the molecule is CNOC/C=C/c1cccc(Cl)c1. The van der Waals surface area contributed by atoms with E-state index in [4.69, 9.17) is 16.4 Å². The fourth-order valence-corrected chi connectivity index (χ4v) is 1.12. The van der Waals surface area contributed by atoms with Gasteiger partial charge in [0, 0.05) is 12.1 Å². The second kappa shape index (κ2) is 5.75. The lowest BCUT2D eigenvalue weighted by atomic mass is 10.2. The predicted molar refractivity (Wildman–Crippen MR) is 55.5 cm³/mol. The second-order valence-electron chi connectivity index (χ2n) is 2.47. The number of hydrogen-bond acceptors (Lipinski definition) is 2. The molecule has 1 rings (SSSR count). The molecular weight excluding hydrogens is 186 g/mol. The number of benzene rings is 1. The van der Waals surface area contributed by atoms with Crippen molar-refractivity contribution in [3.05, 3.63) is 40.9 Å². The van der Waals surface area contributed by atoms with Crippen LogP contribution in [0.5, 0.6) is 0 Å². The molecule has 1 aromatic carbocycles. The van der Waals surface area contributed by atoms with Crippen molar-refractivity contribution in [3.8, 4) is 0 Å². The summed E-state index contributed by atoms with van der Waals surface area (Å²) in [5.74, 6) is 0. The van der Waals surface area contributed by atoms with Crippen molar-refractivity contribution >= 4 is 17.7 Å². The smallest absolute Gasteiger partial charge is 0.0866 e. The molecule has 0 aromatic heterocycles. The molecule has 1 N–H and O–H groups in total. The first-order valence-electron chi connectivity index (χ1n) is 4.03. The van der Waals surface area contributed by atoms with Crippen LogP contribution >= 0.6 is 11.6 Å². The van der Waals surface area contributed by atoms with Crippen LogP contribution in [0, 0.1) is 0 Å². The Balaban J connectivity index is 2.48. The van der Waals surface area contributed by atoms with Crippen molar-refractivity contribution in [2.24, 2.45) is 0 Å². The molecule has 0 bridgehead atoms.